The molecular formula is C16H16ClN3O2. The maximum absolute atomic E-state index is 12.3. The van der Waals surface area contributed by atoms with E-state index in [4.69, 9.17) is 16.3 Å². The monoisotopic (exact) mass is 317 g/mol. The maximum Gasteiger partial charge on any atom is 0.274 e. The number of nitrogens with zero attached hydrogens (tertiary/aromatic N) is 2. The largest absolute Gasteiger partial charge is 0.378 e. The first-order chi connectivity index (χ1) is 10.7. The van der Waals surface area contributed by atoms with Crippen LogP contribution < -0.4 is 10.2 Å². The number of hydrogen-bond donors (Lipinski definition) is 1. The Labute approximate surface area is 133 Å². The van der Waals surface area contributed by atoms with Crippen molar-refractivity contribution in [2.24, 2.45) is 0 Å². The number of rotatable bonds is 3. The summed E-state index contributed by atoms with van der Waals surface area (Å²) < 4.78 is 5.33. The van der Waals surface area contributed by atoms with Gasteiger partial charge in [0.1, 0.15) is 11.5 Å². The highest BCUT2D eigenvalue weighted by atomic mass is 35.5. The number of nitrogens with one attached hydrogen (secondary N) is 1. The number of amides is 1. The van der Waals surface area contributed by atoms with Crippen LogP contribution in [-0.2, 0) is 4.74 Å². The Bertz CT molecular complexity index is 672. The number of hydrogen-bond acceptors (Lipinski definition) is 4. The van der Waals surface area contributed by atoms with E-state index in [9.17, 15) is 4.79 Å². The van der Waals surface area contributed by atoms with E-state index in [0.29, 0.717) is 29.6 Å². The van der Waals surface area contributed by atoms with Crippen LogP contribution in [0.25, 0.3) is 0 Å². The van der Waals surface area contributed by atoms with Crippen molar-refractivity contribution in [3.05, 3.63) is 53.2 Å². The number of carbonyl (C=O) groups excluding carboxylic acids is 1. The van der Waals surface area contributed by atoms with Crippen molar-refractivity contribution in [1.29, 1.82) is 0 Å². The smallest absolute Gasteiger partial charge is 0.274 e. The summed E-state index contributed by atoms with van der Waals surface area (Å²) in [4.78, 5) is 18.9. The van der Waals surface area contributed by atoms with Crippen molar-refractivity contribution >= 4 is 29.0 Å². The zero-order chi connectivity index (χ0) is 15.4. The van der Waals surface area contributed by atoms with Crippen LogP contribution in [-0.4, -0.2) is 37.2 Å². The number of para-hydroxylation sites is 1. The highest BCUT2D eigenvalue weighted by Gasteiger charge is 2.15. The van der Waals surface area contributed by atoms with Gasteiger partial charge in [-0.15, -0.1) is 0 Å². The molecule has 1 saturated heterocycles. The molecule has 2 aromatic rings. The van der Waals surface area contributed by atoms with Gasteiger partial charge in [-0.05, 0) is 24.3 Å². The SMILES string of the molecule is O=C(Nc1ccccc1Cl)c1cccc(N2CCOCC2)n1. The Morgan fingerprint density at radius 1 is 1.14 bits per heavy atom. The maximum atomic E-state index is 12.3. The molecule has 0 spiro atoms. The van der Waals surface area contributed by atoms with Crippen LogP contribution in [0.4, 0.5) is 11.5 Å². The Kier molecular flexibility index (Phi) is 4.56. The molecule has 22 heavy (non-hydrogen) atoms. The molecule has 3 rings (SSSR count). The average molecular weight is 318 g/mol. The fraction of sp³-hybridized carbons (Fsp3) is 0.250. The van der Waals surface area contributed by atoms with Crippen molar-refractivity contribution in [2.75, 3.05) is 36.5 Å². The summed E-state index contributed by atoms with van der Waals surface area (Å²) in [5.41, 5.74) is 0.941. The highest BCUT2D eigenvalue weighted by Crippen LogP contribution is 2.21. The van der Waals surface area contributed by atoms with Crippen LogP contribution in [0.5, 0.6) is 0 Å². The van der Waals surface area contributed by atoms with Crippen LogP contribution in [0.3, 0.4) is 0 Å². The molecule has 0 radical (unpaired) electrons. The van der Waals surface area contributed by atoms with Gasteiger partial charge in [0.15, 0.2) is 0 Å². The lowest BCUT2D eigenvalue weighted by Gasteiger charge is -2.27. The van der Waals surface area contributed by atoms with E-state index in [1.165, 1.54) is 0 Å². The van der Waals surface area contributed by atoms with Crippen molar-refractivity contribution in [2.45, 2.75) is 0 Å². The van der Waals surface area contributed by atoms with Crippen molar-refractivity contribution in [3.63, 3.8) is 0 Å². The minimum Gasteiger partial charge on any atom is -0.378 e. The summed E-state index contributed by atoms with van der Waals surface area (Å²) in [5, 5.41) is 3.28. The molecular weight excluding hydrogens is 302 g/mol. The predicted octanol–water partition coefficient (Wildman–Crippen LogP) is 2.82. The molecule has 1 aromatic heterocycles. The molecule has 1 aromatic carbocycles. The van der Waals surface area contributed by atoms with Gasteiger partial charge in [-0.3, -0.25) is 4.79 Å². The Morgan fingerprint density at radius 3 is 2.68 bits per heavy atom. The summed E-state index contributed by atoms with van der Waals surface area (Å²) in [6, 6.07) is 12.5. The van der Waals surface area contributed by atoms with Crippen molar-refractivity contribution < 1.29 is 9.53 Å². The zero-order valence-electron chi connectivity index (χ0n) is 12.0. The van der Waals surface area contributed by atoms with Crippen molar-refractivity contribution in [3.8, 4) is 0 Å². The molecule has 114 valence electrons. The van der Waals surface area contributed by atoms with Gasteiger partial charge in [0, 0.05) is 13.1 Å². The number of pyridine rings is 1. The molecule has 6 heteroatoms. The molecule has 1 N–H and O–H groups in total. The molecule has 0 unspecified atom stereocenters. The fourth-order valence-electron chi connectivity index (χ4n) is 2.27. The fourth-order valence-corrected chi connectivity index (χ4v) is 2.45. The van der Waals surface area contributed by atoms with Crippen LogP contribution in [0, 0.1) is 0 Å². The summed E-state index contributed by atoms with van der Waals surface area (Å²) in [6.45, 7) is 2.92. The third-order valence-electron chi connectivity index (χ3n) is 3.42. The number of benzene rings is 1. The van der Waals surface area contributed by atoms with E-state index in [-0.39, 0.29) is 5.91 Å². The van der Waals surface area contributed by atoms with Gasteiger partial charge in [0.2, 0.25) is 0 Å². The second-order valence-corrected chi connectivity index (χ2v) is 5.32. The quantitative estimate of drug-likeness (QED) is 0.946. The first kappa shape index (κ1) is 14.8. The van der Waals surface area contributed by atoms with Gasteiger partial charge < -0.3 is 15.0 Å². The third kappa shape index (κ3) is 3.37. The standard InChI is InChI=1S/C16H16ClN3O2/c17-12-4-1-2-5-13(12)19-16(21)14-6-3-7-15(18-14)20-8-10-22-11-9-20/h1-7H,8-11H2,(H,19,21). The number of carbonyl (C=O) groups is 1. The lowest BCUT2D eigenvalue weighted by Crippen LogP contribution is -2.37. The molecule has 0 aliphatic carbocycles. The first-order valence-electron chi connectivity index (χ1n) is 7.10. The van der Waals surface area contributed by atoms with Crippen LogP contribution in [0.15, 0.2) is 42.5 Å². The molecule has 5 nitrogen and oxygen atoms in total. The lowest BCUT2D eigenvalue weighted by molar-refractivity contribution is 0.102. The summed E-state index contributed by atoms with van der Waals surface area (Å²) in [5.74, 6) is 0.512. The summed E-state index contributed by atoms with van der Waals surface area (Å²) in [7, 11) is 0. The number of aromatic nitrogens is 1. The van der Waals surface area contributed by atoms with Crippen molar-refractivity contribution in [1.82, 2.24) is 4.98 Å². The number of anilines is 2. The Hall–Kier alpha value is -2.11. The van der Waals surface area contributed by atoms with E-state index in [0.717, 1.165) is 18.9 Å². The molecule has 1 fully saturated rings. The molecule has 1 aliphatic rings. The minimum atomic E-state index is -0.275. The second kappa shape index (κ2) is 6.77. The van der Waals surface area contributed by atoms with E-state index in [1.54, 1.807) is 18.2 Å². The highest BCUT2D eigenvalue weighted by molar-refractivity contribution is 6.33. The van der Waals surface area contributed by atoms with E-state index < -0.39 is 0 Å². The predicted molar refractivity (Wildman–Crippen MR) is 86.7 cm³/mol. The Morgan fingerprint density at radius 2 is 1.91 bits per heavy atom. The number of morpholine rings is 1. The van der Waals surface area contributed by atoms with Gasteiger partial charge in [-0.1, -0.05) is 29.8 Å². The average Bonchev–Trinajstić information content (AvgIpc) is 2.58. The van der Waals surface area contributed by atoms with Gasteiger partial charge in [0.25, 0.3) is 5.91 Å². The zero-order valence-corrected chi connectivity index (χ0v) is 12.7. The molecule has 1 aliphatic heterocycles. The first-order valence-corrected chi connectivity index (χ1v) is 7.47. The topological polar surface area (TPSA) is 54.5 Å². The van der Waals surface area contributed by atoms with Gasteiger partial charge in [0.05, 0.1) is 23.9 Å². The van der Waals surface area contributed by atoms with Crippen LogP contribution in [0.1, 0.15) is 10.5 Å². The molecule has 0 bridgehead atoms. The van der Waals surface area contributed by atoms with Gasteiger partial charge in [-0.2, -0.15) is 0 Å². The minimum absolute atomic E-state index is 0.275. The third-order valence-corrected chi connectivity index (χ3v) is 3.75. The van der Waals surface area contributed by atoms with E-state index in [2.05, 4.69) is 15.2 Å². The van der Waals surface area contributed by atoms with E-state index in [1.807, 2.05) is 24.3 Å². The number of ether oxygens (including phenoxy) is 1. The van der Waals surface area contributed by atoms with Gasteiger partial charge in [-0.25, -0.2) is 4.98 Å². The summed E-state index contributed by atoms with van der Waals surface area (Å²) >= 11 is 6.05. The lowest BCUT2D eigenvalue weighted by atomic mass is 10.2. The summed E-state index contributed by atoms with van der Waals surface area (Å²) in [6.07, 6.45) is 0. The second-order valence-electron chi connectivity index (χ2n) is 4.91. The van der Waals surface area contributed by atoms with Crippen LogP contribution in [0.2, 0.25) is 5.02 Å². The molecule has 2 heterocycles. The van der Waals surface area contributed by atoms with Gasteiger partial charge >= 0.3 is 0 Å². The molecule has 0 saturated carbocycles. The molecule has 0 atom stereocenters. The number of halogens is 1. The van der Waals surface area contributed by atoms with E-state index >= 15 is 0 Å². The normalized spacial score (nSPS) is 14.7. The van der Waals surface area contributed by atoms with Crippen LogP contribution >= 0.6 is 11.6 Å². The Balaban J connectivity index is 1.76. The molecule has 1 amide bonds.